The number of benzene rings is 1. The number of Topliss-reactive ketones (excluding diaryl/α,β-unsaturated/α-hetero) is 2. The van der Waals surface area contributed by atoms with Crippen LogP contribution in [0, 0.1) is 0 Å². The number of aromatic nitrogens is 2. The molecule has 0 spiro atoms. The maximum Gasteiger partial charge on any atom is 0.228 e. The highest BCUT2D eigenvalue weighted by Gasteiger charge is 2.21. The number of pyridine rings is 1. The zero-order valence-electron chi connectivity index (χ0n) is 14.4. The third-order valence-corrected chi connectivity index (χ3v) is 3.92. The Bertz CT molecular complexity index is 913. The van der Waals surface area contributed by atoms with Gasteiger partial charge < -0.3 is 4.42 Å². The number of carbonyl (C=O) groups is 2. The van der Waals surface area contributed by atoms with E-state index in [-0.39, 0.29) is 17.3 Å². The van der Waals surface area contributed by atoms with Gasteiger partial charge in [0, 0.05) is 18.4 Å². The van der Waals surface area contributed by atoms with Crippen LogP contribution in [0.4, 0.5) is 0 Å². The number of nitrogens with zero attached hydrogens (tertiary/aromatic N) is 2. The fourth-order valence-electron chi connectivity index (χ4n) is 2.68. The van der Waals surface area contributed by atoms with Gasteiger partial charge in [-0.1, -0.05) is 32.0 Å². The van der Waals surface area contributed by atoms with Crippen molar-refractivity contribution in [3.05, 3.63) is 47.7 Å². The first-order chi connectivity index (χ1) is 12.1. The molecule has 0 atom stereocenters. The lowest BCUT2D eigenvalue weighted by atomic mass is 10.0. The van der Waals surface area contributed by atoms with E-state index in [9.17, 15) is 9.59 Å². The molecule has 0 saturated heterocycles. The van der Waals surface area contributed by atoms with Crippen molar-refractivity contribution in [1.29, 1.82) is 0 Å². The van der Waals surface area contributed by atoms with E-state index in [1.807, 2.05) is 44.2 Å². The minimum absolute atomic E-state index is 0.0591. The maximum atomic E-state index is 12.5. The molecule has 0 saturated carbocycles. The van der Waals surface area contributed by atoms with Gasteiger partial charge in [0.05, 0.1) is 5.56 Å². The molecule has 0 aliphatic heterocycles. The molecule has 25 heavy (non-hydrogen) atoms. The number of hydrogen-bond donors (Lipinski definition) is 0. The molecule has 2 heterocycles. The Morgan fingerprint density at radius 1 is 0.960 bits per heavy atom. The van der Waals surface area contributed by atoms with E-state index in [4.69, 9.17) is 4.42 Å². The molecule has 0 unspecified atom stereocenters. The zero-order chi connectivity index (χ0) is 17.8. The van der Waals surface area contributed by atoms with Crippen LogP contribution in [0.2, 0.25) is 0 Å². The van der Waals surface area contributed by atoms with Crippen molar-refractivity contribution in [1.82, 2.24) is 9.97 Å². The normalized spacial score (nSPS) is 11.0. The van der Waals surface area contributed by atoms with Crippen molar-refractivity contribution in [2.75, 3.05) is 0 Å². The van der Waals surface area contributed by atoms with Crippen LogP contribution in [0.1, 0.15) is 60.4 Å². The first kappa shape index (κ1) is 17.0. The highest BCUT2D eigenvalue weighted by atomic mass is 16.3. The second-order valence-electron chi connectivity index (χ2n) is 5.94. The Morgan fingerprint density at radius 2 is 1.64 bits per heavy atom. The van der Waals surface area contributed by atoms with E-state index < -0.39 is 0 Å². The molecule has 0 fully saturated rings. The molecular formula is C20H20N2O3. The van der Waals surface area contributed by atoms with Gasteiger partial charge in [-0.3, -0.25) is 9.59 Å². The smallest absolute Gasteiger partial charge is 0.228 e. The first-order valence-corrected chi connectivity index (χ1v) is 8.57. The monoisotopic (exact) mass is 336 g/mol. The number of ketones is 2. The van der Waals surface area contributed by atoms with Gasteiger partial charge in [-0.25, -0.2) is 4.98 Å². The van der Waals surface area contributed by atoms with Crippen LogP contribution in [0.5, 0.6) is 0 Å². The lowest BCUT2D eigenvalue weighted by Crippen LogP contribution is -2.07. The minimum atomic E-state index is -0.0841. The third kappa shape index (κ3) is 3.50. The minimum Gasteiger partial charge on any atom is -0.434 e. The summed E-state index contributed by atoms with van der Waals surface area (Å²) in [4.78, 5) is 33.5. The summed E-state index contributed by atoms with van der Waals surface area (Å²) in [6, 6.07) is 11.0. The van der Waals surface area contributed by atoms with Gasteiger partial charge in [0.2, 0.25) is 11.5 Å². The Labute approximate surface area is 146 Å². The van der Waals surface area contributed by atoms with Gasteiger partial charge in [0.15, 0.2) is 17.1 Å². The molecule has 0 aliphatic carbocycles. The molecule has 2 aromatic heterocycles. The summed E-state index contributed by atoms with van der Waals surface area (Å²) < 4.78 is 5.84. The Balaban J connectivity index is 2.16. The largest absolute Gasteiger partial charge is 0.434 e. The molecule has 0 N–H and O–H groups in total. The number of hydrogen-bond acceptors (Lipinski definition) is 5. The molecular weight excluding hydrogens is 316 g/mol. The summed E-state index contributed by atoms with van der Waals surface area (Å²) in [6.45, 7) is 3.87. The van der Waals surface area contributed by atoms with E-state index in [0.29, 0.717) is 35.5 Å². The van der Waals surface area contributed by atoms with Gasteiger partial charge in [0.25, 0.3) is 0 Å². The Hall–Kier alpha value is -2.82. The number of oxazole rings is 1. The number of fused-ring (bicyclic) bond motifs is 1. The molecule has 5 heteroatoms. The molecule has 3 rings (SSSR count). The van der Waals surface area contributed by atoms with Crippen LogP contribution >= 0.6 is 0 Å². The van der Waals surface area contributed by atoms with Crippen molar-refractivity contribution in [3.8, 4) is 11.5 Å². The summed E-state index contributed by atoms with van der Waals surface area (Å²) in [6.07, 6.45) is 2.23. The standard InChI is InChI=1S/C20H20N2O3/c1-3-8-16(23)14-12-15(17(24)9-4-2)21-19-18(14)25-20(22-19)13-10-6-5-7-11-13/h5-7,10-12H,3-4,8-9H2,1-2H3. The summed E-state index contributed by atoms with van der Waals surface area (Å²) in [5.74, 6) is 0.254. The fourth-order valence-corrected chi connectivity index (χ4v) is 2.68. The van der Waals surface area contributed by atoms with Gasteiger partial charge in [-0.15, -0.1) is 0 Å². The second-order valence-corrected chi connectivity index (χ2v) is 5.94. The van der Waals surface area contributed by atoms with E-state index >= 15 is 0 Å². The van der Waals surface area contributed by atoms with Crippen molar-refractivity contribution < 1.29 is 14.0 Å². The van der Waals surface area contributed by atoms with Crippen LogP contribution in [-0.4, -0.2) is 21.5 Å². The maximum absolute atomic E-state index is 12.5. The highest BCUT2D eigenvalue weighted by molar-refractivity contribution is 6.07. The molecule has 5 nitrogen and oxygen atoms in total. The SMILES string of the molecule is CCCC(=O)c1cc(C(=O)CCC)c2oc(-c3ccccc3)nc2n1. The third-order valence-electron chi connectivity index (χ3n) is 3.92. The van der Waals surface area contributed by atoms with Crippen LogP contribution in [0.25, 0.3) is 22.7 Å². The van der Waals surface area contributed by atoms with Crippen LogP contribution in [0.3, 0.4) is 0 Å². The average molecular weight is 336 g/mol. The predicted octanol–water partition coefficient (Wildman–Crippen LogP) is 4.86. The summed E-state index contributed by atoms with van der Waals surface area (Å²) in [5.41, 5.74) is 2.13. The molecule has 0 amide bonds. The molecule has 128 valence electrons. The van der Waals surface area contributed by atoms with Crippen LogP contribution in [0.15, 0.2) is 40.8 Å². The molecule has 0 aliphatic rings. The average Bonchev–Trinajstić information content (AvgIpc) is 3.06. The van der Waals surface area contributed by atoms with E-state index in [0.717, 1.165) is 18.4 Å². The summed E-state index contributed by atoms with van der Waals surface area (Å²) in [7, 11) is 0. The quantitative estimate of drug-likeness (QED) is 0.576. The lowest BCUT2D eigenvalue weighted by molar-refractivity contribution is 0.0977. The van der Waals surface area contributed by atoms with E-state index in [1.165, 1.54) is 0 Å². The van der Waals surface area contributed by atoms with Crippen molar-refractivity contribution in [2.45, 2.75) is 39.5 Å². The molecule has 3 aromatic rings. The van der Waals surface area contributed by atoms with E-state index in [2.05, 4.69) is 9.97 Å². The lowest BCUT2D eigenvalue weighted by Gasteiger charge is -2.03. The van der Waals surface area contributed by atoms with Crippen molar-refractivity contribution in [3.63, 3.8) is 0 Å². The van der Waals surface area contributed by atoms with E-state index in [1.54, 1.807) is 6.07 Å². The van der Waals surface area contributed by atoms with Gasteiger partial charge in [-0.05, 0) is 31.0 Å². The van der Waals surface area contributed by atoms with Crippen LogP contribution in [-0.2, 0) is 0 Å². The Kier molecular flexibility index (Phi) is 5.03. The van der Waals surface area contributed by atoms with Crippen molar-refractivity contribution >= 4 is 22.8 Å². The fraction of sp³-hybridized carbons (Fsp3) is 0.300. The highest BCUT2D eigenvalue weighted by Crippen LogP contribution is 2.27. The Morgan fingerprint density at radius 3 is 2.32 bits per heavy atom. The molecule has 0 bridgehead atoms. The van der Waals surface area contributed by atoms with Crippen LogP contribution < -0.4 is 0 Å². The number of carbonyl (C=O) groups excluding carboxylic acids is 2. The number of rotatable bonds is 7. The predicted molar refractivity (Wildman–Crippen MR) is 95.7 cm³/mol. The first-order valence-electron chi connectivity index (χ1n) is 8.57. The summed E-state index contributed by atoms with van der Waals surface area (Å²) in [5, 5.41) is 0. The van der Waals surface area contributed by atoms with Gasteiger partial charge in [-0.2, -0.15) is 4.98 Å². The second kappa shape index (κ2) is 7.38. The molecule has 0 radical (unpaired) electrons. The van der Waals surface area contributed by atoms with Crippen molar-refractivity contribution in [2.24, 2.45) is 0 Å². The zero-order valence-corrected chi connectivity index (χ0v) is 14.4. The summed E-state index contributed by atoms with van der Waals surface area (Å²) >= 11 is 0. The van der Waals surface area contributed by atoms with Gasteiger partial charge >= 0.3 is 0 Å². The topological polar surface area (TPSA) is 73.1 Å². The molecule has 1 aromatic carbocycles. The van der Waals surface area contributed by atoms with Gasteiger partial charge in [0.1, 0.15) is 5.69 Å².